The van der Waals surface area contributed by atoms with Crippen LogP contribution in [0.3, 0.4) is 0 Å². The highest BCUT2D eigenvalue weighted by molar-refractivity contribution is 6.33. The number of carbonyl (C=O) groups is 1. The monoisotopic (exact) mass is 365 g/mol. The molecule has 132 valence electrons. The summed E-state index contributed by atoms with van der Waals surface area (Å²) in [5.74, 6) is 0. The zero-order valence-corrected chi connectivity index (χ0v) is 15.2. The van der Waals surface area contributed by atoms with Crippen molar-refractivity contribution in [3.63, 3.8) is 0 Å². The van der Waals surface area contributed by atoms with E-state index in [1.165, 1.54) is 5.39 Å². The molecule has 26 heavy (non-hydrogen) atoms. The Morgan fingerprint density at radius 3 is 2.58 bits per heavy atom. The normalized spacial score (nSPS) is 15.3. The number of piperazine rings is 1. The van der Waals surface area contributed by atoms with Gasteiger partial charge in [-0.2, -0.15) is 0 Å². The van der Waals surface area contributed by atoms with E-state index in [9.17, 15) is 4.79 Å². The predicted octanol–water partition coefficient (Wildman–Crippen LogP) is 4.02. The highest BCUT2D eigenvalue weighted by Gasteiger charge is 2.18. The van der Waals surface area contributed by atoms with Crippen LogP contribution in [0.15, 0.2) is 54.6 Å². The number of aldehydes is 1. The fourth-order valence-electron chi connectivity index (χ4n) is 3.40. The van der Waals surface area contributed by atoms with Gasteiger partial charge < -0.3 is 4.90 Å². The molecule has 0 spiro atoms. The van der Waals surface area contributed by atoms with Gasteiger partial charge in [-0.1, -0.05) is 35.9 Å². The third-order valence-electron chi connectivity index (χ3n) is 4.89. The van der Waals surface area contributed by atoms with Gasteiger partial charge in [0.1, 0.15) is 0 Å². The minimum Gasteiger partial charge on any atom is -0.369 e. The van der Waals surface area contributed by atoms with Crippen molar-refractivity contribution in [2.45, 2.75) is 6.54 Å². The van der Waals surface area contributed by atoms with Gasteiger partial charge in [-0.25, -0.2) is 0 Å². The molecule has 2 aromatic carbocycles. The van der Waals surface area contributed by atoms with Gasteiger partial charge in [0.15, 0.2) is 6.29 Å². The van der Waals surface area contributed by atoms with E-state index in [0.29, 0.717) is 10.6 Å². The van der Waals surface area contributed by atoms with Crippen LogP contribution in [-0.4, -0.2) is 42.3 Å². The minimum atomic E-state index is 0.514. The van der Waals surface area contributed by atoms with Crippen molar-refractivity contribution in [3.8, 4) is 0 Å². The molecule has 0 saturated carbocycles. The molecule has 0 N–H and O–H groups in total. The maximum absolute atomic E-state index is 10.9. The van der Waals surface area contributed by atoms with E-state index in [-0.39, 0.29) is 0 Å². The quantitative estimate of drug-likeness (QED) is 0.654. The standard InChI is InChI=1S/C21H20ClN3O/c22-20-13-19(8-6-17(20)15-26)25-11-9-24(10-12-25)14-18-7-5-16-3-1-2-4-21(16)23-18/h1-8,13,15H,9-12,14H2. The molecule has 1 aromatic heterocycles. The van der Waals surface area contributed by atoms with Crippen molar-refractivity contribution in [1.82, 2.24) is 9.88 Å². The summed E-state index contributed by atoms with van der Waals surface area (Å²) in [4.78, 5) is 20.4. The number of halogens is 1. The number of anilines is 1. The van der Waals surface area contributed by atoms with Crippen molar-refractivity contribution >= 4 is 34.5 Å². The van der Waals surface area contributed by atoms with Crippen molar-refractivity contribution in [2.24, 2.45) is 0 Å². The SMILES string of the molecule is O=Cc1ccc(N2CCN(Cc3ccc4ccccc4n3)CC2)cc1Cl. The first-order valence-corrected chi connectivity index (χ1v) is 9.17. The molecule has 0 bridgehead atoms. The Morgan fingerprint density at radius 1 is 1.00 bits per heavy atom. The third-order valence-corrected chi connectivity index (χ3v) is 5.22. The first-order chi connectivity index (χ1) is 12.7. The number of fused-ring (bicyclic) bond motifs is 1. The number of hydrogen-bond donors (Lipinski definition) is 0. The van der Waals surface area contributed by atoms with Gasteiger partial charge in [0, 0.05) is 49.4 Å². The average Bonchev–Trinajstić information content (AvgIpc) is 2.68. The topological polar surface area (TPSA) is 36.4 Å². The van der Waals surface area contributed by atoms with E-state index < -0.39 is 0 Å². The van der Waals surface area contributed by atoms with Crippen LogP contribution in [0.4, 0.5) is 5.69 Å². The summed E-state index contributed by atoms with van der Waals surface area (Å²) in [7, 11) is 0. The van der Waals surface area contributed by atoms with E-state index in [4.69, 9.17) is 16.6 Å². The van der Waals surface area contributed by atoms with Crippen molar-refractivity contribution < 1.29 is 4.79 Å². The van der Waals surface area contributed by atoms with Crippen LogP contribution < -0.4 is 4.90 Å². The average molecular weight is 366 g/mol. The van der Waals surface area contributed by atoms with Crippen LogP contribution >= 0.6 is 11.6 Å². The van der Waals surface area contributed by atoms with Gasteiger partial charge >= 0.3 is 0 Å². The molecule has 1 aliphatic heterocycles. The number of para-hydroxylation sites is 1. The molecule has 0 atom stereocenters. The molecule has 3 aromatic rings. The Kier molecular flexibility index (Phi) is 4.87. The lowest BCUT2D eigenvalue weighted by atomic mass is 10.1. The fourth-order valence-corrected chi connectivity index (χ4v) is 3.62. The van der Waals surface area contributed by atoms with Crippen LogP contribution in [0.2, 0.25) is 5.02 Å². The summed E-state index contributed by atoms with van der Waals surface area (Å²) < 4.78 is 0. The molecule has 1 aliphatic rings. The van der Waals surface area contributed by atoms with Crippen LogP contribution in [-0.2, 0) is 6.54 Å². The molecule has 0 radical (unpaired) electrons. The van der Waals surface area contributed by atoms with E-state index in [1.54, 1.807) is 6.07 Å². The highest BCUT2D eigenvalue weighted by atomic mass is 35.5. The molecular weight excluding hydrogens is 346 g/mol. The van der Waals surface area contributed by atoms with Gasteiger partial charge in [-0.15, -0.1) is 0 Å². The summed E-state index contributed by atoms with van der Waals surface area (Å²) in [5, 5.41) is 1.69. The van der Waals surface area contributed by atoms with Crippen molar-refractivity contribution in [2.75, 3.05) is 31.1 Å². The molecule has 0 unspecified atom stereocenters. The van der Waals surface area contributed by atoms with Gasteiger partial charge in [0.05, 0.1) is 16.2 Å². The second kappa shape index (κ2) is 7.44. The van der Waals surface area contributed by atoms with E-state index in [2.05, 4.69) is 34.1 Å². The fraction of sp³-hybridized carbons (Fsp3) is 0.238. The number of hydrogen-bond acceptors (Lipinski definition) is 4. The lowest BCUT2D eigenvalue weighted by Gasteiger charge is -2.36. The van der Waals surface area contributed by atoms with Crippen molar-refractivity contribution in [1.29, 1.82) is 0 Å². The molecule has 4 rings (SSSR count). The molecule has 0 aliphatic carbocycles. The first-order valence-electron chi connectivity index (χ1n) is 8.79. The Balaban J connectivity index is 1.40. The number of benzene rings is 2. The molecule has 1 fully saturated rings. The molecule has 1 saturated heterocycles. The van der Waals surface area contributed by atoms with E-state index in [0.717, 1.165) is 55.9 Å². The molecule has 0 amide bonds. The second-order valence-corrected chi connectivity index (χ2v) is 6.99. The van der Waals surface area contributed by atoms with Gasteiger partial charge in [-0.05, 0) is 30.3 Å². The van der Waals surface area contributed by atoms with Crippen LogP contribution in [0, 0.1) is 0 Å². The van der Waals surface area contributed by atoms with Crippen LogP contribution in [0.5, 0.6) is 0 Å². The Hall–Kier alpha value is -2.43. The Bertz CT molecular complexity index is 935. The minimum absolute atomic E-state index is 0.514. The van der Waals surface area contributed by atoms with E-state index >= 15 is 0 Å². The predicted molar refractivity (Wildman–Crippen MR) is 106 cm³/mol. The number of pyridine rings is 1. The summed E-state index contributed by atoms with van der Waals surface area (Å²) in [5.41, 5.74) is 3.77. The number of carbonyl (C=O) groups excluding carboxylic acids is 1. The molecular formula is C21H20ClN3O. The summed E-state index contributed by atoms with van der Waals surface area (Å²) in [6.07, 6.45) is 0.792. The molecule has 4 nitrogen and oxygen atoms in total. The summed E-state index contributed by atoms with van der Waals surface area (Å²) in [6.45, 7) is 4.68. The number of aromatic nitrogens is 1. The van der Waals surface area contributed by atoms with Crippen LogP contribution in [0.25, 0.3) is 10.9 Å². The number of nitrogens with zero attached hydrogens (tertiary/aromatic N) is 3. The summed E-state index contributed by atoms with van der Waals surface area (Å²) in [6, 6.07) is 18.1. The maximum Gasteiger partial charge on any atom is 0.151 e. The van der Waals surface area contributed by atoms with Gasteiger partial charge in [0.25, 0.3) is 0 Å². The maximum atomic E-state index is 10.9. The smallest absolute Gasteiger partial charge is 0.151 e. The zero-order chi connectivity index (χ0) is 17.9. The van der Waals surface area contributed by atoms with E-state index in [1.807, 2.05) is 24.3 Å². The van der Waals surface area contributed by atoms with Crippen LogP contribution in [0.1, 0.15) is 16.1 Å². The van der Waals surface area contributed by atoms with Gasteiger partial charge in [0.2, 0.25) is 0 Å². The lowest BCUT2D eigenvalue weighted by Crippen LogP contribution is -2.46. The summed E-state index contributed by atoms with van der Waals surface area (Å²) >= 11 is 6.16. The molecule has 2 heterocycles. The Labute approximate surface area is 158 Å². The third kappa shape index (κ3) is 3.57. The highest BCUT2D eigenvalue weighted by Crippen LogP contribution is 2.24. The van der Waals surface area contributed by atoms with Crippen molar-refractivity contribution in [3.05, 3.63) is 70.9 Å². The Morgan fingerprint density at radius 2 is 1.81 bits per heavy atom. The first kappa shape index (κ1) is 17.0. The largest absolute Gasteiger partial charge is 0.369 e. The molecule has 5 heteroatoms. The lowest BCUT2D eigenvalue weighted by molar-refractivity contribution is 0.112. The second-order valence-electron chi connectivity index (χ2n) is 6.58. The zero-order valence-electron chi connectivity index (χ0n) is 14.4. The number of rotatable bonds is 4. The van der Waals surface area contributed by atoms with Gasteiger partial charge in [-0.3, -0.25) is 14.7 Å².